The highest BCUT2D eigenvalue weighted by Crippen LogP contribution is 2.16. The van der Waals surface area contributed by atoms with Gasteiger partial charge in [-0.2, -0.15) is 4.98 Å². The van der Waals surface area contributed by atoms with Crippen LogP contribution in [0.3, 0.4) is 0 Å². The molecule has 2 N–H and O–H groups in total. The van der Waals surface area contributed by atoms with Crippen molar-refractivity contribution in [3.05, 3.63) is 60.1 Å². The Labute approximate surface area is 151 Å². The average molecular weight is 351 g/mol. The molecule has 2 heterocycles. The topological polar surface area (TPSA) is 92.9 Å². The third-order valence-electron chi connectivity index (χ3n) is 3.78. The van der Waals surface area contributed by atoms with Gasteiger partial charge in [0.05, 0.1) is 0 Å². The number of nitrogens with zero attached hydrogens (tertiary/aromatic N) is 3. The Bertz CT molecular complexity index is 848. The van der Waals surface area contributed by atoms with Crippen LogP contribution < -0.4 is 10.6 Å². The lowest BCUT2D eigenvalue weighted by Crippen LogP contribution is -2.17. The van der Waals surface area contributed by atoms with Gasteiger partial charge in [0.2, 0.25) is 17.6 Å². The minimum Gasteiger partial charge on any atom is -0.339 e. The van der Waals surface area contributed by atoms with Gasteiger partial charge in [-0.05, 0) is 30.3 Å². The highest BCUT2D eigenvalue weighted by Gasteiger charge is 2.12. The molecular formula is C19H21N5O2. The van der Waals surface area contributed by atoms with Gasteiger partial charge in [0.15, 0.2) is 0 Å². The maximum absolute atomic E-state index is 12.3. The second-order valence-corrected chi connectivity index (χ2v) is 5.71. The smallest absolute Gasteiger partial charge is 0.227 e. The van der Waals surface area contributed by atoms with E-state index < -0.39 is 0 Å². The predicted molar refractivity (Wildman–Crippen MR) is 98.3 cm³/mol. The van der Waals surface area contributed by atoms with E-state index in [1.807, 2.05) is 49.4 Å². The van der Waals surface area contributed by atoms with Gasteiger partial charge in [-0.15, -0.1) is 0 Å². The zero-order chi connectivity index (χ0) is 18.2. The number of aryl methyl sites for hydroxylation is 1. The first-order valence-corrected chi connectivity index (χ1v) is 8.58. The summed E-state index contributed by atoms with van der Waals surface area (Å²) in [7, 11) is 0. The molecule has 0 spiro atoms. The first kappa shape index (κ1) is 17.8. The molecule has 1 amide bonds. The molecule has 0 unspecified atom stereocenters. The minimum absolute atomic E-state index is 0.0912. The summed E-state index contributed by atoms with van der Waals surface area (Å²) in [6.45, 7) is 3.63. The van der Waals surface area contributed by atoms with Gasteiger partial charge in [0.25, 0.3) is 0 Å². The number of carbonyl (C=O) groups excluding carboxylic acids is 1. The fraction of sp³-hybridized carbons (Fsp3) is 0.263. The number of amides is 1. The molecule has 0 aliphatic rings. The fourth-order valence-electron chi connectivity index (χ4n) is 2.44. The highest BCUT2D eigenvalue weighted by atomic mass is 16.5. The fourth-order valence-corrected chi connectivity index (χ4v) is 2.44. The van der Waals surface area contributed by atoms with Gasteiger partial charge < -0.3 is 15.2 Å². The van der Waals surface area contributed by atoms with E-state index in [4.69, 9.17) is 4.52 Å². The molecule has 0 saturated carbocycles. The van der Waals surface area contributed by atoms with E-state index >= 15 is 0 Å². The van der Waals surface area contributed by atoms with Gasteiger partial charge >= 0.3 is 0 Å². The predicted octanol–water partition coefficient (Wildman–Crippen LogP) is 2.81. The molecule has 0 atom stereocenters. The zero-order valence-electron chi connectivity index (χ0n) is 14.6. The molecule has 3 aromatic rings. The second kappa shape index (κ2) is 8.87. The summed E-state index contributed by atoms with van der Waals surface area (Å²) in [4.78, 5) is 20.7. The Morgan fingerprint density at radius 1 is 1.15 bits per heavy atom. The molecule has 7 heteroatoms. The van der Waals surface area contributed by atoms with Crippen LogP contribution in [0.5, 0.6) is 0 Å². The average Bonchev–Trinajstić information content (AvgIpc) is 3.15. The maximum Gasteiger partial charge on any atom is 0.227 e. The summed E-state index contributed by atoms with van der Waals surface area (Å²) >= 11 is 0. The lowest BCUT2D eigenvalue weighted by atomic mass is 10.1. The number of benzene rings is 1. The quantitative estimate of drug-likeness (QED) is 0.648. The third-order valence-corrected chi connectivity index (χ3v) is 3.78. The molecule has 0 fully saturated rings. The Hall–Kier alpha value is -3.06. The number of anilines is 1. The molecule has 0 saturated heterocycles. The first-order valence-electron chi connectivity index (χ1n) is 8.58. The van der Waals surface area contributed by atoms with Crippen LogP contribution in [0.15, 0.2) is 53.2 Å². The van der Waals surface area contributed by atoms with Crippen LogP contribution >= 0.6 is 0 Å². The first-order chi connectivity index (χ1) is 12.8. The number of para-hydroxylation sites is 1. The Balaban J connectivity index is 1.56. The van der Waals surface area contributed by atoms with Crippen LogP contribution in [0.4, 0.5) is 5.69 Å². The van der Waals surface area contributed by atoms with E-state index in [1.165, 1.54) is 0 Å². The van der Waals surface area contributed by atoms with E-state index in [-0.39, 0.29) is 12.3 Å². The molecule has 2 aromatic heterocycles. The van der Waals surface area contributed by atoms with Gasteiger partial charge in [-0.3, -0.25) is 9.78 Å². The Morgan fingerprint density at radius 3 is 2.81 bits per heavy atom. The van der Waals surface area contributed by atoms with Crippen molar-refractivity contribution in [3.8, 4) is 11.5 Å². The van der Waals surface area contributed by atoms with Crippen molar-refractivity contribution < 1.29 is 9.32 Å². The largest absolute Gasteiger partial charge is 0.339 e. The van der Waals surface area contributed by atoms with Gasteiger partial charge in [0, 0.05) is 31.3 Å². The normalized spacial score (nSPS) is 10.7. The SMILES string of the molecule is CCNCc1ccccc1NC(=O)CCc1nc(-c2ccccn2)no1. The number of hydrogen-bond acceptors (Lipinski definition) is 6. The third kappa shape index (κ3) is 4.73. The summed E-state index contributed by atoms with van der Waals surface area (Å²) in [6.07, 6.45) is 2.31. The summed E-state index contributed by atoms with van der Waals surface area (Å²) in [5, 5.41) is 10.1. The Kier molecular flexibility index (Phi) is 6.05. The van der Waals surface area contributed by atoms with Crippen LogP contribution in [0.25, 0.3) is 11.5 Å². The lowest BCUT2D eigenvalue weighted by Gasteiger charge is -2.11. The molecule has 3 rings (SSSR count). The lowest BCUT2D eigenvalue weighted by molar-refractivity contribution is -0.116. The molecule has 0 bridgehead atoms. The summed E-state index contributed by atoms with van der Waals surface area (Å²) < 4.78 is 5.21. The van der Waals surface area contributed by atoms with Gasteiger partial charge in [-0.25, -0.2) is 0 Å². The number of carbonyl (C=O) groups is 1. The highest BCUT2D eigenvalue weighted by molar-refractivity contribution is 5.91. The van der Waals surface area contributed by atoms with Crippen molar-refractivity contribution in [2.75, 3.05) is 11.9 Å². The minimum atomic E-state index is -0.0912. The van der Waals surface area contributed by atoms with E-state index in [1.54, 1.807) is 6.20 Å². The zero-order valence-corrected chi connectivity index (χ0v) is 14.6. The molecule has 26 heavy (non-hydrogen) atoms. The molecule has 0 radical (unpaired) electrons. The van der Waals surface area contributed by atoms with Crippen molar-refractivity contribution in [1.29, 1.82) is 0 Å². The van der Waals surface area contributed by atoms with Crippen molar-refractivity contribution in [2.24, 2.45) is 0 Å². The standard InChI is InChI=1S/C19H21N5O2/c1-2-20-13-14-7-3-4-8-15(14)22-17(25)10-11-18-23-19(24-26-18)16-9-5-6-12-21-16/h3-9,12,20H,2,10-11,13H2,1H3,(H,22,25). The van der Waals surface area contributed by atoms with E-state index in [2.05, 4.69) is 25.8 Å². The van der Waals surface area contributed by atoms with Crippen molar-refractivity contribution in [1.82, 2.24) is 20.4 Å². The van der Waals surface area contributed by atoms with Gasteiger partial charge in [0.1, 0.15) is 5.69 Å². The van der Waals surface area contributed by atoms with Crippen LogP contribution in [0.2, 0.25) is 0 Å². The number of aromatic nitrogens is 3. The monoisotopic (exact) mass is 351 g/mol. The van der Waals surface area contributed by atoms with Crippen molar-refractivity contribution in [2.45, 2.75) is 26.3 Å². The Morgan fingerprint density at radius 2 is 2.00 bits per heavy atom. The molecule has 0 aliphatic carbocycles. The molecular weight excluding hydrogens is 330 g/mol. The van der Waals surface area contributed by atoms with Crippen LogP contribution in [-0.4, -0.2) is 27.6 Å². The number of rotatable bonds is 8. The molecule has 7 nitrogen and oxygen atoms in total. The summed E-state index contributed by atoms with van der Waals surface area (Å²) in [5.41, 5.74) is 2.51. The van der Waals surface area contributed by atoms with E-state index in [0.29, 0.717) is 30.4 Å². The van der Waals surface area contributed by atoms with Crippen LogP contribution in [0.1, 0.15) is 24.8 Å². The summed E-state index contributed by atoms with van der Waals surface area (Å²) in [6, 6.07) is 13.2. The van der Waals surface area contributed by atoms with Crippen molar-refractivity contribution >= 4 is 11.6 Å². The molecule has 1 aromatic carbocycles. The van der Waals surface area contributed by atoms with Crippen LogP contribution in [-0.2, 0) is 17.8 Å². The molecule has 0 aliphatic heterocycles. The number of pyridine rings is 1. The van der Waals surface area contributed by atoms with Crippen LogP contribution in [0, 0.1) is 0 Å². The van der Waals surface area contributed by atoms with E-state index in [9.17, 15) is 4.79 Å². The molecule has 134 valence electrons. The number of hydrogen-bond donors (Lipinski definition) is 2. The second-order valence-electron chi connectivity index (χ2n) is 5.71. The summed E-state index contributed by atoms with van der Waals surface area (Å²) in [5.74, 6) is 0.755. The van der Waals surface area contributed by atoms with Crippen molar-refractivity contribution in [3.63, 3.8) is 0 Å². The maximum atomic E-state index is 12.3. The van der Waals surface area contributed by atoms with Gasteiger partial charge in [-0.1, -0.05) is 36.3 Å². The van der Waals surface area contributed by atoms with E-state index in [0.717, 1.165) is 17.8 Å². The number of nitrogens with one attached hydrogen (secondary N) is 2.